The quantitative estimate of drug-likeness (QED) is 0.315. The SMILES string of the molecule is COC(=O)c1ccc(NC(=O)c2ccc(NC3=C(Cl)C(=O)N(c4ccc(Cl)c(Cl)c4)C3=O)cc2)cc1. The molecule has 4 rings (SSSR count). The van der Waals surface area contributed by atoms with E-state index in [1.54, 1.807) is 24.3 Å². The summed E-state index contributed by atoms with van der Waals surface area (Å²) >= 11 is 18.1. The molecule has 0 atom stereocenters. The molecule has 0 unspecified atom stereocenters. The molecule has 1 heterocycles. The van der Waals surface area contributed by atoms with Crippen molar-refractivity contribution in [3.05, 3.63) is 98.6 Å². The van der Waals surface area contributed by atoms with Crippen LogP contribution in [0.4, 0.5) is 17.1 Å². The lowest BCUT2D eigenvalue weighted by atomic mass is 10.1. The zero-order valence-electron chi connectivity index (χ0n) is 18.5. The minimum atomic E-state index is -0.711. The molecule has 3 amide bonds. The second-order valence-corrected chi connectivity index (χ2v) is 8.65. The van der Waals surface area contributed by atoms with Gasteiger partial charge >= 0.3 is 5.97 Å². The first kappa shape index (κ1) is 25.2. The van der Waals surface area contributed by atoms with Gasteiger partial charge in [0.2, 0.25) is 0 Å². The number of carbonyl (C=O) groups excluding carboxylic acids is 4. The summed E-state index contributed by atoms with van der Waals surface area (Å²) < 4.78 is 4.65. The normalized spacial score (nSPS) is 13.2. The van der Waals surface area contributed by atoms with Gasteiger partial charge in [-0.15, -0.1) is 0 Å². The van der Waals surface area contributed by atoms with E-state index in [1.165, 1.54) is 49.6 Å². The molecule has 0 saturated heterocycles. The average molecular weight is 545 g/mol. The minimum absolute atomic E-state index is 0.115. The number of imide groups is 1. The molecule has 3 aromatic rings. The first-order chi connectivity index (χ1) is 17.2. The number of halogens is 3. The Kier molecular flexibility index (Phi) is 7.30. The fraction of sp³-hybridized carbons (Fsp3) is 0.0400. The second-order valence-electron chi connectivity index (χ2n) is 7.46. The van der Waals surface area contributed by atoms with Gasteiger partial charge in [-0.2, -0.15) is 0 Å². The van der Waals surface area contributed by atoms with Crippen LogP contribution in [0.3, 0.4) is 0 Å². The van der Waals surface area contributed by atoms with E-state index in [1.807, 2.05) is 0 Å². The Labute approximate surface area is 220 Å². The lowest BCUT2D eigenvalue weighted by molar-refractivity contribution is -0.120. The summed E-state index contributed by atoms with van der Waals surface area (Å²) in [6.45, 7) is 0. The molecule has 0 spiro atoms. The van der Waals surface area contributed by atoms with Crippen molar-refractivity contribution >= 4 is 75.6 Å². The fourth-order valence-electron chi connectivity index (χ4n) is 3.33. The van der Waals surface area contributed by atoms with Crippen LogP contribution in [0.15, 0.2) is 77.5 Å². The van der Waals surface area contributed by atoms with Gasteiger partial charge in [0, 0.05) is 16.9 Å². The summed E-state index contributed by atoms with van der Waals surface area (Å²) in [4.78, 5) is 50.5. The van der Waals surface area contributed by atoms with Crippen LogP contribution in [0.2, 0.25) is 10.0 Å². The van der Waals surface area contributed by atoms with E-state index < -0.39 is 17.8 Å². The highest BCUT2D eigenvalue weighted by Crippen LogP contribution is 2.33. The highest BCUT2D eigenvalue weighted by molar-refractivity contribution is 6.53. The second kappa shape index (κ2) is 10.4. The van der Waals surface area contributed by atoms with E-state index in [9.17, 15) is 19.2 Å². The van der Waals surface area contributed by atoms with E-state index in [4.69, 9.17) is 34.8 Å². The van der Waals surface area contributed by atoms with Gasteiger partial charge in [0.25, 0.3) is 17.7 Å². The zero-order valence-corrected chi connectivity index (χ0v) is 20.7. The summed E-state index contributed by atoms with van der Waals surface area (Å²) in [5.41, 5.74) is 1.72. The van der Waals surface area contributed by atoms with Gasteiger partial charge in [0.15, 0.2) is 0 Å². The molecule has 0 saturated carbocycles. The van der Waals surface area contributed by atoms with Crippen LogP contribution in [-0.2, 0) is 14.3 Å². The molecule has 0 radical (unpaired) electrons. The van der Waals surface area contributed by atoms with Crippen LogP contribution in [0.25, 0.3) is 0 Å². The molecule has 36 heavy (non-hydrogen) atoms. The number of nitrogens with zero attached hydrogens (tertiary/aromatic N) is 1. The first-order valence-electron chi connectivity index (χ1n) is 10.3. The zero-order chi connectivity index (χ0) is 26.0. The number of benzene rings is 3. The van der Waals surface area contributed by atoms with Crippen molar-refractivity contribution in [1.82, 2.24) is 0 Å². The molecule has 11 heteroatoms. The number of nitrogens with one attached hydrogen (secondary N) is 2. The molecular weight excluding hydrogens is 529 g/mol. The topological polar surface area (TPSA) is 105 Å². The number of methoxy groups -OCH3 is 1. The first-order valence-corrected chi connectivity index (χ1v) is 11.4. The average Bonchev–Trinajstić information content (AvgIpc) is 3.09. The van der Waals surface area contributed by atoms with Crippen LogP contribution in [-0.4, -0.2) is 30.8 Å². The maximum absolute atomic E-state index is 12.9. The molecule has 2 N–H and O–H groups in total. The summed E-state index contributed by atoms with van der Waals surface area (Å²) in [5.74, 6) is -2.24. The van der Waals surface area contributed by atoms with Crippen LogP contribution < -0.4 is 15.5 Å². The maximum Gasteiger partial charge on any atom is 0.337 e. The van der Waals surface area contributed by atoms with Gasteiger partial charge in [-0.1, -0.05) is 34.8 Å². The van der Waals surface area contributed by atoms with Crippen LogP contribution in [0.1, 0.15) is 20.7 Å². The van der Waals surface area contributed by atoms with Crippen LogP contribution >= 0.6 is 34.8 Å². The third-order valence-electron chi connectivity index (χ3n) is 5.17. The highest BCUT2D eigenvalue weighted by atomic mass is 35.5. The Morgan fingerprint density at radius 3 is 2.00 bits per heavy atom. The predicted molar refractivity (Wildman–Crippen MR) is 138 cm³/mol. The van der Waals surface area contributed by atoms with Crippen LogP contribution in [0, 0.1) is 0 Å². The lowest BCUT2D eigenvalue weighted by Crippen LogP contribution is -2.32. The molecule has 0 bridgehead atoms. The predicted octanol–water partition coefficient (Wildman–Crippen LogP) is 5.47. The van der Waals surface area contributed by atoms with Crippen molar-refractivity contribution in [1.29, 1.82) is 0 Å². The number of ether oxygens (including phenoxy) is 1. The van der Waals surface area contributed by atoms with E-state index in [-0.39, 0.29) is 32.4 Å². The third kappa shape index (κ3) is 5.06. The molecular formula is C25H16Cl3N3O5. The molecule has 182 valence electrons. The maximum atomic E-state index is 12.9. The van der Waals surface area contributed by atoms with Crippen LogP contribution in [0.5, 0.6) is 0 Å². The number of amides is 3. The van der Waals surface area contributed by atoms with Gasteiger partial charge in [0.05, 0.1) is 28.4 Å². The number of hydrogen-bond donors (Lipinski definition) is 2. The Bertz CT molecular complexity index is 1420. The van der Waals surface area contributed by atoms with Crippen molar-refractivity contribution in [2.24, 2.45) is 0 Å². The largest absolute Gasteiger partial charge is 0.465 e. The Balaban J connectivity index is 1.45. The van der Waals surface area contributed by atoms with Crippen molar-refractivity contribution in [2.45, 2.75) is 0 Å². The summed E-state index contributed by atoms with van der Waals surface area (Å²) in [6.07, 6.45) is 0. The fourth-order valence-corrected chi connectivity index (χ4v) is 3.83. The van der Waals surface area contributed by atoms with Gasteiger partial charge in [-0.05, 0) is 66.7 Å². The Morgan fingerprint density at radius 1 is 0.778 bits per heavy atom. The van der Waals surface area contributed by atoms with Gasteiger partial charge in [-0.3, -0.25) is 14.4 Å². The number of anilines is 3. The Hall–Kier alpha value is -3.85. The minimum Gasteiger partial charge on any atom is -0.465 e. The summed E-state index contributed by atoms with van der Waals surface area (Å²) in [7, 11) is 1.28. The highest BCUT2D eigenvalue weighted by Gasteiger charge is 2.39. The van der Waals surface area contributed by atoms with Gasteiger partial charge in [0.1, 0.15) is 10.7 Å². The number of esters is 1. The molecule has 1 aliphatic rings. The van der Waals surface area contributed by atoms with Crippen molar-refractivity contribution < 1.29 is 23.9 Å². The monoisotopic (exact) mass is 543 g/mol. The van der Waals surface area contributed by atoms with Crippen molar-refractivity contribution in [3.8, 4) is 0 Å². The van der Waals surface area contributed by atoms with Crippen molar-refractivity contribution in [2.75, 3.05) is 22.6 Å². The van der Waals surface area contributed by atoms with E-state index >= 15 is 0 Å². The molecule has 8 nitrogen and oxygen atoms in total. The van der Waals surface area contributed by atoms with E-state index in [2.05, 4.69) is 15.4 Å². The van der Waals surface area contributed by atoms with E-state index in [0.717, 1.165) is 4.90 Å². The van der Waals surface area contributed by atoms with Gasteiger partial charge < -0.3 is 15.4 Å². The lowest BCUT2D eigenvalue weighted by Gasteiger charge is -2.15. The smallest absolute Gasteiger partial charge is 0.337 e. The third-order valence-corrected chi connectivity index (χ3v) is 6.26. The van der Waals surface area contributed by atoms with Gasteiger partial charge in [-0.25, -0.2) is 9.69 Å². The number of hydrogen-bond acceptors (Lipinski definition) is 6. The Morgan fingerprint density at radius 2 is 1.39 bits per heavy atom. The number of rotatable bonds is 6. The molecule has 0 fully saturated rings. The molecule has 0 aliphatic carbocycles. The molecule has 1 aliphatic heterocycles. The molecule has 3 aromatic carbocycles. The standard InChI is InChI=1S/C25H16Cl3N3O5/c1-36-25(35)14-4-8-16(9-5-14)30-22(32)13-2-6-15(7-3-13)29-21-20(28)23(33)31(24(21)34)17-10-11-18(26)19(27)12-17/h2-12,29H,1H3,(H,30,32). The number of carbonyl (C=O) groups is 4. The van der Waals surface area contributed by atoms with E-state index in [0.29, 0.717) is 22.5 Å². The molecule has 0 aromatic heterocycles. The van der Waals surface area contributed by atoms with Crippen molar-refractivity contribution in [3.63, 3.8) is 0 Å². The summed E-state index contributed by atoms with van der Waals surface area (Å²) in [6, 6.07) is 16.8. The summed E-state index contributed by atoms with van der Waals surface area (Å²) in [5, 5.41) is 5.73.